The molecule has 0 aliphatic heterocycles. The Labute approximate surface area is 125 Å². The number of hydrogen-bond acceptors (Lipinski definition) is 2. The number of nitrogens with one attached hydrogen (secondary N) is 2. The third-order valence-electron chi connectivity index (χ3n) is 3.60. The van der Waals surface area contributed by atoms with Crippen molar-refractivity contribution in [2.24, 2.45) is 0 Å². The minimum atomic E-state index is 0.266. The van der Waals surface area contributed by atoms with Gasteiger partial charge in [0, 0.05) is 23.5 Å². The van der Waals surface area contributed by atoms with Gasteiger partial charge in [-0.05, 0) is 37.6 Å². The molecule has 0 aliphatic rings. The second-order valence-corrected chi connectivity index (χ2v) is 5.33. The van der Waals surface area contributed by atoms with Crippen molar-refractivity contribution in [1.29, 1.82) is 0 Å². The summed E-state index contributed by atoms with van der Waals surface area (Å²) in [5.74, 6) is 0. The van der Waals surface area contributed by atoms with Gasteiger partial charge in [-0.15, -0.1) is 0 Å². The van der Waals surface area contributed by atoms with E-state index >= 15 is 0 Å². The van der Waals surface area contributed by atoms with Crippen molar-refractivity contribution in [3.8, 4) is 11.3 Å². The predicted molar refractivity (Wildman–Crippen MR) is 87.2 cm³/mol. The Bertz CT molecular complexity index is 717. The summed E-state index contributed by atoms with van der Waals surface area (Å²) in [5, 5.41) is 10.5. The zero-order valence-electron chi connectivity index (χ0n) is 12.3. The van der Waals surface area contributed by atoms with Crippen LogP contribution >= 0.6 is 0 Å². The summed E-state index contributed by atoms with van der Waals surface area (Å²) in [5.41, 5.74) is 5.85. The smallest absolute Gasteiger partial charge is 0.0650 e. The highest BCUT2D eigenvalue weighted by Gasteiger charge is 2.06. The summed E-state index contributed by atoms with van der Waals surface area (Å²) in [6.45, 7) is 4.30. The monoisotopic (exact) mass is 277 g/mol. The lowest BCUT2D eigenvalue weighted by atomic mass is 10.0. The average molecular weight is 277 g/mol. The van der Waals surface area contributed by atoms with E-state index in [4.69, 9.17) is 0 Å². The first-order valence-corrected chi connectivity index (χ1v) is 7.15. The van der Waals surface area contributed by atoms with Crippen LogP contribution < -0.4 is 5.32 Å². The topological polar surface area (TPSA) is 40.7 Å². The van der Waals surface area contributed by atoms with Gasteiger partial charge in [-0.3, -0.25) is 5.10 Å². The molecule has 0 aliphatic carbocycles. The van der Waals surface area contributed by atoms with E-state index in [-0.39, 0.29) is 6.04 Å². The van der Waals surface area contributed by atoms with Crippen molar-refractivity contribution in [2.45, 2.75) is 19.9 Å². The molecule has 21 heavy (non-hydrogen) atoms. The molecule has 0 saturated heterocycles. The van der Waals surface area contributed by atoms with Gasteiger partial charge in [-0.2, -0.15) is 5.10 Å². The molecule has 3 nitrogen and oxygen atoms in total. The van der Waals surface area contributed by atoms with Crippen molar-refractivity contribution >= 4 is 5.69 Å². The lowest BCUT2D eigenvalue weighted by Gasteiger charge is -2.16. The summed E-state index contributed by atoms with van der Waals surface area (Å²) in [6.07, 6.45) is 1.77. The Balaban J connectivity index is 1.80. The molecule has 1 atom stereocenters. The van der Waals surface area contributed by atoms with E-state index in [9.17, 15) is 0 Å². The van der Waals surface area contributed by atoms with Gasteiger partial charge in [0.1, 0.15) is 0 Å². The molecule has 1 aromatic heterocycles. The normalized spacial score (nSPS) is 12.1. The van der Waals surface area contributed by atoms with Crippen LogP contribution in [0, 0.1) is 6.92 Å². The fraction of sp³-hybridized carbons (Fsp3) is 0.167. The molecule has 0 spiro atoms. The van der Waals surface area contributed by atoms with E-state index in [0.717, 1.165) is 16.9 Å². The first kappa shape index (κ1) is 13.4. The molecule has 3 rings (SSSR count). The Kier molecular flexibility index (Phi) is 3.73. The molecule has 0 fully saturated rings. The van der Waals surface area contributed by atoms with Crippen LogP contribution in [0.5, 0.6) is 0 Å². The van der Waals surface area contributed by atoms with Gasteiger partial charge < -0.3 is 5.32 Å². The molecule has 0 amide bonds. The third kappa shape index (κ3) is 3.14. The summed E-state index contributed by atoms with van der Waals surface area (Å²) in [6, 6.07) is 19.2. The van der Waals surface area contributed by atoms with Crippen LogP contribution in [-0.2, 0) is 0 Å². The lowest BCUT2D eigenvalue weighted by molar-refractivity contribution is 0.883. The molecule has 0 bridgehead atoms. The Morgan fingerprint density at radius 3 is 2.67 bits per heavy atom. The maximum absolute atomic E-state index is 4.00. The number of aromatic nitrogens is 2. The first-order chi connectivity index (χ1) is 10.2. The molecule has 0 saturated carbocycles. The van der Waals surface area contributed by atoms with Gasteiger partial charge in [0.05, 0.1) is 5.69 Å². The SMILES string of the molecule is Cc1cccc(C(C)Nc2cccc(-c3ccn[nH]3)c2)c1. The number of H-pyrrole nitrogens is 1. The third-order valence-corrected chi connectivity index (χ3v) is 3.60. The van der Waals surface area contributed by atoms with E-state index in [2.05, 4.69) is 77.9 Å². The molecule has 3 aromatic rings. The summed E-state index contributed by atoms with van der Waals surface area (Å²) < 4.78 is 0. The van der Waals surface area contributed by atoms with Gasteiger partial charge in [-0.1, -0.05) is 42.0 Å². The summed E-state index contributed by atoms with van der Waals surface area (Å²) in [7, 11) is 0. The quantitative estimate of drug-likeness (QED) is 0.734. The first-order valence-electron chi connectivity index (χ1n) is 7.15. The zero-order chi connectivity index (χ0) is 14.7. The van der Waals surface area contributed by atoms with Gasteiger partial charge in [0.25, 0.3) is 0 Å². The number of benzene rings is 2. The molecule has 1 unspecified atom stereocenters. The van der Waals surface area contributed by atoms with Gasteiger partial charge >= 0.3 is 0 Å². The summed E-state index contributed by atoms with van der Waals surface area (Å²) in [4.78, 5) is 0. The highest BCUT2D eigenvalue weighted by molar-refractivity contribution is 5.65. The largest absolute Gasteiger partial charge is 0.379 e. The minimum Gasteiger partial charge on any atom is -0.379 e. The van der Waals surface area contributed by atoms with E-state index in [0.29, 0.717) is 0 Å². The lowest BCUT2D eigenvalue weighted by Crippen LogP contribution is -2.06. The van der Waals surface area contributed by atoms with E-state index in [1.807, 2.05) is 6.07 Å². The highest BCUT2D eigenvalue weighted by atomic mass is 15.1. The molecule has 1 heterocycles. The number of nitrogens with zero attached hydrogens (tertiary/aromatic N) is 1. The highest BCUT2D eigenvalue weighted by Crippen LogP contribution is 2.24. The number of anilines is 1. The van der Waals surface area contributed by atoms with Crippen LogP contribution in [0.15, 0.2) is 60.8 Å². The number of aromatic amines is 1. The minimum absolute atomic E-state index is 0.266. The average Bonchev–Trinajstić information content (AvgIpc) is 3.02. The predicted octanol–water partition coefficient (Wildman–Crippen LogP) is 4.56. The van der Waals surface area contributed by atoms with Crippen LogP contribution in [0.25, 0.3) is 11.3 Å². The fourth-order valence-electron chi connectivity index (χ4n) is 2.47. The second kappa shape index (κ2) is 5.83. The molecule has 2 aromatic carbocycles. The van der Waals surface area contributed by atoms with Crippen molar-refractivity contribution < 1.29 is 0 Å². The van der Waals surface area contributed by atoms with Crippen LogP contribution in [-0.4, -0.2) is 10.2 Å². The molecule has 2 N–H and O–H groups in total. The number of rotatable bonds is 4. The summed E-state index contributed by atoms with van der Waals surface area (Å²) >= 11 is 0. The molecular formula is C18H19N3. The number of hydrogen-bond donors (Lipinski definition) is 2. The van der Waals surface area contributed by atoms with Crippen molar-refractivity contribution in [3.05, 3.63) is 71.9 Å². The second-order valence-electron chi connectivity index (χ2n) is 5.33. The van der Waals surface area contributed by atoms with Crippen LogP contribution in [0.4, 0.5) is 5.69 Å². The van der Waals surface area contributed by atoms with Crippen LogP contribution in [0.3, 0.4) is 0 Å². The van der Waals surface area contributed by atoms with Crippen molar-refractivity contribution in [2.75, 3.05) is 5.32 Å². The van der Waals surface area contributed by atoms with E-state index in [1.165, 1.54) is 11.1 Å². The van der Waals surface area contributed by atoms with E-state index in [1.54, 1.807) is 6.20 Å². The van der Waals surface area contributed by atoms with Gasteiger partial charge in [-0.25, -0.2) is 0 Å². The fourth-order valence-corrected chi connectivity index (χ4v) is 2.47. The molecular weight excluding hydrogens is 258 g/mol. The van der Waals surface area contributed by atoms with Gasteiger partial charge in [0.2, 0.25) is 0 Å². The standard InChI is InChI=1S/C18H19N3/c1-13-5-3-6-15(11-13)14(2)20-17-8-4-7-16(12-17)18-9-10-19-21-18/h3-12,14,20H,1-2H3,(H,19,21). The Hall–Kier alpha value is -2.55. The molecule has 3 heteroatoms. The molecule has 106 valence electrons. The Morgan fingerprint density at radius 1 is 1.05 bits per heavy atom. The zero-order valence-corrected chi connectivity index (χ0v) is 12.3. The number of aryl methyl sites for hydroxylation is 1. The Morgan fingerprint density at radius 2 is 1.90 bits per heavy atom. The van der Waals surface area contributed by atoms with E-state index < -0.39 is 0 Å². The maximum Gasteiger partial charge on any atom is 0.0650 e. The van der Waals surface area contributed by atoms with Crippen molar-refractivity contribution in [3.63, 3.8) is 0 Å². The maximum atomic E-state index is 4.00. The van der Waals surface area contributed by atoms with Crippen LogP contribution in [0.2, 0.25) is 0 Å². The van der Waals surface area contributed by atoms with Crippen molar-refractivity contribution in [1.82, 2.24) is 10.2 Å². The van der Waals surface area contributed by atoms with Crippen LogP contribution in [0.1, 0.15) is 24.1 Å². The molecule has 0 radical (unpaired) electrons. The van der Waals surface area contributed by atoms with Gasteiger partial charge in [0.15, 0.2) is 0 Å².